The number of benzene rings is 2. The first kappa shape index (κ1) is 20.4. The first-order valence-corrected chi connectivity index (χ1v) is 11.8. The lowest BCUT2D eigenvalue weighted by atomic mass is 10.1. The molecule has 1 atom stereocenters. The largest absolute Gasteiger partial charge is 0.379 e. The van der Waals surface area contributed by atoms with Gasteiger partial charge < -0.3 is 9.64 Å². The fraction of sp³-hybridized carbons (Fsp3) is 0.360. The molecule has 31 heavy (non-hydrogen) atoms. The highest BCUT2D eigenvalue weighted by molar-refractivity contribution is 7.13. The van der Waals surface area contributed by atoms with Crippen molar-refractivity contribution in [1.82, 2.24) is 9.88 Å². The summed E-state index contributed by atoms with van der Waals surface area (Å²) in [6.07, 6.45) is 1.25. The molecule has 0 radical (unpaired) electrons. The molecule has 5 nitrogen and oxygen atoms in total. The second-order valence-corrected chi connectivity index (χ2v) is 9.21. The van der Waals surface area contributed by atoms with Crippen LogP contribution in [0, 0.1) is 0 Å². The lowest BCUT2D eigenvalue weighted by Gasteiger charge is -2.26. The Morgan fingerprint density at radius 2 is 2.00 bits per heavy atom. The van der Waals surface area contributed by atoms with E-state index >= 15 is 0 Å². The summed E-state index contributed by atoms with van der Waals surface area (Å²) in [4.78, 5) is 22.2. The molecule has 0 spiro atoms. The van der Waals surface area contributed by atoms with Gasteiger partial charge in [0.25, 0.3) is 0 Å². The number of hydrogen-bond donors (Lipinski definition) is 0. The molecule has 5 rings (SSSR count). The van der Waals surface area contributed by atoms with Crippen LogP contribution in [0.5, 0.6) is 0 Å². The van der Waals surface area contributed by atoms with Gasteiger partial charge in [0.15, 0.2) is 0 Å². The Balaban J connectivity index is 1.28. The number of amides is 1. The normalized spacial score (nSPS) is 18.9. The molecule has 1 saturated heterocycles. The van der Waals surface area contributed by atoms with Gasteiger partial charge in [-0.05, 0) is 36.6 Å². The van der Waals surface area contributed by atoms with Crippen LogP contribution in [0.1, 0.15) is 23.7 Å². The van der Waals surface area contributed by atoms with E-state index in [1.807, 2.05) is 28.5 Å². The molecule has 6 heteroatoms. The molecule has 2 aromatic carbocycles. The number of morpholine rings is 1. The zero-order chi connectivity index (χ0) is 21.2. The van der Waals surface area contributed by atoms with Gasteiger partial charge in [0.1, 0.15) is 5.01 Å². The number of rotatable bonds is 5. The molecule has 0 aliphatic carbocycles. The van der Waals surface area contributed by atoms with Gasteiger partial charge in [0.05, 0.1) is 25.3 Å². The standard InChI is InChI=1S/C25H27N3O2S/c1-18-13-20-6-2-3-8-23(20)28(18)24(29)15-22-17-31-25(26-22)21-7-4-5-19(14-21)16-27-9-11-30-12-10-27/h2-8,14,17-18H,9-13,15-16H2,1H3. The van der Waals surface area contributed by atoms with Crippen LogP contribution in [-0.2, 0) is 28.9 Å². The van der Waals surface area contributed by atoms with E-state index in [1.165, 1.54) is 11.1 Å². The Bertz CT molecular complexity index is 1070. The van der Waals surface area contributed by atoms with Crippen molar-refractivity contribution in [1.29, 1.82) is 0 Å². The average molecular weight is 434 g/mol. The van der Waals surface area contributed by atoms with Crippen molar-refractivity contribution in [2.45, 2.75) is 32.4 Å². The minimum Gasteiger partial charge on any atom is -0.379 e. The number of nitrogens with zero attached hydrogens (tertiary/aromatic N) is 3. The van der Waals surface area contributed by atoms with Crippen LogP contribution in [0.3, 0.4) is 0 Å². The fourth-order valence-electron chi connectivity index (χ4n) is 4.53. The predicted octanol–water partition coefficient (Wildman–Crippen LogP) is 4.16. The maximum absolute atomic E-state index is 13.1. The zero-order valence-corrected chi connectivity index (χ0v) is 18.6. The zero-order valence-electron chi connectivity index (χ0n) is 17.8. The van der Waals surface area contributed by atoms with Crippen LogP contribution in [-0.4, -0.2) is 48.1 Å². The molecule has 0 bridgehead atoms. The summed E-state index contributed by atoms with van der Waals surface area (Å²) in [5.74, 6) is 0.121. The fourth-order valence-corrected chi connectivity index (χ4v) is 5.34. The summed E-state index contributed by atoms with van der Waals surface area (Å²) in [5, 5.41) is 3.00. The lowest BCUT2D eigenvalue weighted by molar-refractivity contribution is -0.118. The second-order valence-electron chi connectivity index (χ2n) is 8.36. The topological polar surface area (TPSA) is 45.7 Å². The number of carbonyl (C=O) groups excluding carboxylic acids is 1. The lowest BCUT2D eigenvalue weighted by Crippen LogP contribution is -2.36. The molecule has 0 N–H and O–H groups in total. The van der Waals surface area contributed by atoms with Gasteiger partial charge in [0, 0.05) is 42.3 Å². The van der Waals surface area contributed by atoms with E-state index in [9.17, 15) is 4.79 Å². The van der Waals surface area contributed by atoms with Crippen LogP contribution in [0.4, 0.5) is 5.69 Å². The van der Waals surface area contributed by atoms with E-state index in [0.717, 1.165) is 61.2 Å². The third-order valence-corrected chi connectivity index (χ3v) is 6.98. The van der Waals surface area contributed by atoms with Gasteiger partial charge in [0.2, 0.25) is 5.91 Å². The number of anilines is 1. The monoisotopic (exact) mass is 433 g/mol. The predicted molar refractivity (Wildman–Crippen MR) is 124 cm³/mol. The first-order valence-electron chi connectivity index (χ1n) is 10.9. The van der Waals surface area contributed by atoms with Gasteiger partial charge >= 0.3 is 0 Å². The molecular formula is C25H27N3O2S. The third kappa shape index (κ3) is 4.42. The number of aromatic nitrogens is 1. The van der Waals surface area contributed by atoms with E-state index in [1.54, 1.807) is 11.3 Å². The summed E-state index contributed by atoms with van der Waals surface area (Å²) in [6, 6.07) is 17.0. The molecule has 2 aliphatic rings. The molecule has 1 amide bonds. The number of carbonyl (C=O) groups is 1. The van der Waals surface area contributed by atoms with Gasteiger partial charge in [-0.2, -0.15) is 0 Å². The Morgan fingerprint density at radius 1 is 1.16 bits per heavy atom. The van der Waals surface area contributed by atoms with Crippen molar-refractivity contribution in [3.63, 3.8) is 0 Å². The summed E-state index contributed by atoms with van der Waals surface area (Å²) >= 11 is 1.61. The van der Waals surface area contributed by atoms with Crippen LogP contribution in [0.25, 0.3) is 10.6 Å². The number of hydrogen-bond acceptors (Lipinski definition) is 5. The van der Waals surface area contributed by atoms with Crippen molar-refractivity contribution < 1.29 is 9.53 Å². The highest BCUT2D eigenvalue weighted by Gasteiger charge is 2.30. The highest BCUT2D eigenvalue weighted by atomic mass is 32.1. The van der Waals surface area contributed by atoms with E-state index < -0.39 is 0 Å². The SMILES string of the molecule is CC1Cc2ccccc2N1C(=O)Cc1csc(-c2cccc(CN3CCOCC3)c2)n1. The number of fused-ring (bicyclic) bond motifs is 1. The summed E-state index contributed by atoms with van der Waals surface area (Å²) < 4.78 is 5.45. The maximum atomic E-state index is 13.1. The van der Waals surface area contributed by atoms with E-state index in [0.29, 0.717) is 6.42 Å². The van der Waals surface area contributed by atoms with Gasteiger partial charge in [-0.3, -0.25) is 9.69 Å². The molecule has 1 aromatic heterocycles. The van der Waals surface area contributed by atoms with Gasteiger partial charge in [-0.1, -0.05) is 36.4 Å². The smallest absolute Gasteiger partial charge is 0.233 e. The van der Waals surface area contributed by atoms with Crippen molar-refractivity contribution in [3.05, 3.63) is 70.7 Å². The van der Waals surface area contributed by atoms with E-state index in [2.05, 4.69) is 42.2 Å². The highest BCUT2D eigenvalue weighted by Crippen LogP contribution is 2.33. The van der Waals surface area contributed by atoms with Crippen molar-refractivity contribution >= 4 is 22.9 Å². The third-order valence-electron chi connectivity index (χ3n) is 6.04. The Morgan fingerprint density at radius 3 is 2.87 bits per heavy atom. The molecule has 2 aliphatic heterocycles. The molecule has 3 heterocycles. The Hall–Kier alpha value is -2.54. The second kappa shape index (κ2) is 8.91. The first-order chi connectivity index (χ1) is 15.2. The van der Waals surface area contributed by atoms with Crippen molar-refractivity contribution in [2.24, 2.45) is 0 Å². The van der Waals surface area contributed by atoms with Crippen LogP contribution < -0.4 is 4.90 Å². The van der Waals surface area contributed by atoms with Gasteiger partial charge in [-0.15, -0.1) is 11.3 Å². The average Bonchev–Trinajstić information content (AvgIpc) is 3.38. The molecule has 3 aromatic rings. The minimum absolute atomic E-state index is 0.121. The molecule has 1 fully saturated rings. The van der Waals surface area contributed by atoms with Gasteiger partial charge in [-0.25, -0.2) is 4.98 Å². The molecule has 160 valence electrons. The molecule has 0 saturated carbocycles. The van der Waals surface area contributed by atoms with Crippen molar-refractivity contribution in [2.75, 3.05) is 31.2 Å². The number of thiazole rings is 1. The van der Waals surface area contributed by atoms with Crippen molar-refractivity contribution in [3.8, 4) is 10.6 Å². The Labute approximate surface area is 187 Å². The number of ether oxygens (including phenoxy) is 1. The minimum atomic E-state index is 0.121. The van der Waals surface area contributed by atoms with Crippen LogP contribution >= 0.6 is 11.3 Å². The molecule has 1 unspecified atom stereocenters. The maximum Gasteiger partial charge on any atom is 0.233 e. The van der Waals surface area contributed by atoms with E-state index in [4.69, 9.17) is 9.72 Å². The number of para-hydroxylation sites is 1. The Kier molecular flexibility index (Phi) is 5.85. The van der Waals surface area contributed by atoms with E-state index in [-0.39, 0.29) is 11.9 Å². The quantitative estimate of drug-likeness (QED) is 0.606. The molecular weight excluding hydrogens is 406 g/mol. The summed E-state index contributed by atoms with van der Waals surface area (Å²) in [5.41, 5.74) is 5.55. The summed E-state index contributed by atoms with van der Waals surface area (Å²) in [6.45, 7) is 6.62. The van der Waals surface area contributed by atoms with Crippen LogP contribution in [0.2, 0.25) is 0 Å². The van der Waals surface area contributed by atoms with Crippen LogP contribution in [0.15, 0.2) is 53.9 Å². The summed E-state index contributed by atoms with van der Waals surface area (Å²) in [7, 11) is 0.